The third-order valence-corrected chi connectivity index (χ3v) is 11.0. The molecule has 1 atom stereocenters. The highest BCUT2D eigenvalue weighted by Crippen LogP contribution is 2.34. The summed E-state index contributed by atoms with van der Waals surface area (Å²) in [7, 11) is -1.30. The topological polar surface area (TPSA) is 105 Å². The molecule has 9 nitrogen and oxygen atoms in total. The molecule has 50 heavy (non-hydrogen) atoms. The van der Waals surface area contributed by atoms with Crippen molar-refractivity contribution < 1.29 is 27.5 Å². The maximum Gasteiger partial charge on any atom is 0.264 e. The van der Waals surface area contributed by atoms with Gasteiger partial charge in [0.05, 0.1) is 24.8 Å². The van der Waals surface area contributed by atoms with Crippen LogP contribution in [-0.2, 0) is 32.6 Å². The molecule has 4 aromatic carbocycles. The number of hydrogen-bond acceptors (Lipinski definition) is 6. The van der Waals surface area contributed by atoms with Crippen molar-refractivity contribution in [3.05, 3.63) is 119 Å². The van der Waals surface area contributed by atoms with Gasteiger partial charge in [-0.1, -0.05) is 97.1 Å². The quantitative estimate of drug-likeness (QED) is 0.159. The highest BCUT2D eigenvalue weighted by atomic mass is 32.2. The average Bonchev–Trinajstić information content (AvgIpc) is 3.12. The zero-order valence-corrected chi connectivity index (χ0v) is 30.1. The highest BCUT2D eigenvalue weighted by Gasteiger charge is 2.35. The van der Waals surface area contributed by atoms with Crippen LogP contribution in [0.1, 0.15) is 54.4 Å². The fourth-order valence-corrected chi connectivity index (χ4v) is 7.86. The number of nitrogens with one attached hydrogen (secondary N) is 1. The molecule has 1 fully saturated rings. The van der Waals surface area contributed by atoms with E-state index in [9.17, 15) is 18.0 Å². The predicted octanol–water partition coefficient (Wildman–Crippen LogP) is 6.60. The van der Waals surface area contributed by atoms with Crippen molar-refractivity contribution in [2.75, 3.05) is 25.1 Å². The Balaban J connectivity index is 1.59. The third-order valence-electron chi connectivity index (χ3n) is 9.20. The first-order valence-electron chi connectivity index (χ1n) is 17.1. The molecule has 4 aromatic rings. The van der Waals surface area contributed by atoms with Gasteiger partial charge in [0, 0.05) is 25.1 Å². The van der Waals surface area contributed by atoms with E-state index in [1.54, 1.807) is 35.2 Å². The van der Waals surface area contributed by atoms with E-state index in [0.717, 1.165) is 58.7 Å². The molecule has 264 valence electrons. The standard InChI is InChI=1S/C40H47N3O6S/c1-29-18-21-35(22-19-29)50(46,47)43(34-20-23-37(48-3)38(26-34)49-4)28-39(44)42(27-32-15-11-12-30(2)24-32)36(25-31-13-7-5-8-14-31)40(45)41-33-16-9-6-10-17-33/h5,7-8,11-15,18-24,26,33,36H,6,9-10,16-17,25,27-28H2,1-4H3,(H,41,45)/t36-/m0/s1. The maximum atomic E-state index is 14.8. The molecule has 1 aliphatic carbocycles. The number of nitrogens with zero attached hydrogens (tertiary/aromatic N) is 2. The molecule has 1 saturated carbocycles. The molecule has 0 spiro atoms. The number of hydrogen-bond donors (Lipinski definition) is 1. The van der Waals surface area contributed by atoms with Gasteiger partial charge < -0.3 is 19.7 Å². The first-order chi connectivity index (χ1) is 24.1. The van der Waals surface area contributed by atoms with Gasteiger partial charge in [0.1, 0.15) is 12.6 Å². The zero-order valence-electron chi connectivity index (χ0n) is 29.3. The van der Waals surface area contributed by atoms with Gasteiger partial charge >= 0.3 is 0 Å². The molecule has 0 radical (unpaired) electrons. The number of amides is 2. The highest BCUT2D eigenvalue weighted by molar-refractivity contribution is 7.92. The van der Waals surface area contributed by atoms with Gasteiger partial charge in [-0.3, -0.25) is 13.9 Å². The van der Waals surface area contributed by atoms with Crippen LogP contribution >= 0.6 is 0 Å². The van der Waals surface area contributed by atoms with E-state index in [1.165, 1.54) is 26.4 Å². The van der Waals surface area contributed by atoms with Crippen LogP contribution in [0.25, 0.3) is 0 Å². The lowest BCUT2D eigenvalue weighted by Crippen LogP contribution is -2.55. The number of aryl methyl sites for hydroxylation is 2. The van der Waals surface area contributed by atoms with Crippen LogP contribution in [0.3, 0.4) is 0 Å². The summed E-state index contributed by atoms with van der Waals surface area (Å²) in [4.78, 5) is 30.7. The van der Waals surface area contributed by atoms with Crippen molar-refractivity contribution in [1.29, 1.82) is 0 Å². The number of sulfonamides is 1. The van der Waals surface area contributed by atoms with E-state index in [-0.39, 0.29) is 35.5 Å². The minimum Gasteiger partial charge on any atom is -0.493 e. The third kappa shape index (κ3) is 9.04. The van der Waals surface area contributed by atoms with Crippen LogP contribution in [0.5, 0.6) is 11.5 Å². The van der Waals surface area contributed by atoms with Gasteiger partial charge in [-0.2, -0.15) is 0 Å². The number of benzene rings is 4. The number of rotatable bonds is 14. The minimum absolute atomic E-state index is 0.0237. The number of ether oxygens (including phenoxy) is 2. The maximum absolute atomic E-state index is 14.8. The summed E-state index contributed by atoms with van der Waals surface area (Å²) < 4.78 is 40.9. The fraction of sp³-hybridized carbons (Fsp3) is 0.350. The van der Waals surface area contributed by atoms with E-state index in [1.807, 2.05) is 68.4 Å². The smallest absolute Gasteiger partial charge is 0.264 e. The second-order valence-electron chi connectivity index (χ2n) is 12.9. The second-order valence-corrected chi connectivity index (χ2v) is 14.8. The fourth-order valence-electron chi connectivity index (χ4n) is 6.45. The largest absolute Gasteiger partial charge is 0.493 e. The van der Waals surface area contributed by atoms with Crippen molar-refractivity contribution in [2.45, 2.75) is 75.9 Å². The number of carbonyl (C=O) groups excluding carboxylic acids is 2. The Hall–Kier alpha value is -4.83. The van der Waals surface area contributed by atoms with Crippen molar-refractivity contribution in [3.63, 3.8) is 0 Å². The summed E-state index contributed by atoms with van der Waals surface area (Å²) >= 11 is 0. The van der Waals surface area contributed by atoms with Crippen LogP contribution in [-0.4, -0.2) is 58.0 Å². The summed E-state index contributed by atoms with van der Waals surface area (Å²) in [6.07, 6.45) is 5.25. The van der Waals surface area contributed by atoms with Crippen LogP contribution < -0.4 is 19.1 Å². The second kappa shape index (κ2) is 16.7. The lowest BCUT2D eigenvalue weighted by molar-refractivity contribution is -0.140. The minimum atomic E-state index is -4.26. The summed E-state index contributed by atoms with van der Waals surface area (Å²) in [5.74, 6) is -0.0388. The monoisotopic (exact) mass is 697 g/mol. The Morgan fingerprint density at radius 1 is 0.780 bits per heavy atom. The van der Waals surface area contributed by atoms with Crippen LogP contribution in [0.15, 0.2) is 102 Å². The molecule has 0 unspecified atom stereocenters. The first-order valence-corrected chi connectivity index (χ1v) is 18.5. The Morgan fingerprint density at radius 3 is 2.12 bits per heavy atom. The molecule has 0 saturated heterocycles. The van der Waals surface area contributed by atoms with Crippen molar-refractivity contribution in [1.82, 2.24) is 10.2 Å². The molecule has 5 rings (SSSR count). The predicted molar refractivity (Wildman–Crippen MR) is 196 cm³/mol. The van der Waals surface area contributed by atoms with Gasteiger partial charge in [-0.05, 0) is 62.1 Å². The summed E-state index contributed by atoms with van der Waals surface area (Å²) in [5.41, 5.74) is 3.85. The Morgan fingerprint density at radius 2 is 1.46 bits per heavy atom. The van der Waals surface area contributed by atoms with E-state index in [2.05, 4.69) is 5.32 Å². The SMILES string of the molecule is COc1ccc(N(CC(=O)N(Cc2cccc(C)c2)[C@@H](Cc2ccccc2)C(=O)NC2CCCCC2)S(=O)(=O)c2ccc(C)cc2)cc1OC. The molecule has 0 heterocycles. The Bertz CT molecular complexity index is 1860. The van der Waals surface area contributed by atoms with Gasteiger partial charge in [-0.15, -0.1) is 0 Å². The van der Waals surface area contributed by atoms with E-state index >= 15 is 0 Å². The Kier molecular flexibility index (Phi) is 12.2. The van der Waals surface area contributed by atoms with E-state index < -0.39 is 28.5 Å². The molecule has 1 N–H and O–H groups in total. The summed E-state index contributed by atoms with van der Waals surface area (Å²) in [6, 6.07) is 27.7. The van der Waals surface area contributed by atoms with E-state index in [4.69, 9.17) is 9.47 Å². The van der Waals surface area contributed by atoms with Gasteiger partial charge in [0.2, 0.25) is 11.8 Å². The van der Waals surface area contributed by atoms with Crippen molar-refractivity contribution >= 4 is 27.5 Å². The van der Waals surface area contributed by atoms with Crippen molar-refractivity contribution in [2.24, 2.45) is 0 Å². The molecular weight excluding hydrogens is 651 g/mol. The summed E-state index contributed by atoms with van der Waals surface area (Å²) in [5, 5.41) is 3.25. The Labute approximate surface area is 296 Å². The van der Waals surface area contributed by atoms with Gasteiger partial charge in [-0.25, -0.2) is 8.42 Å². The molecule has 0 aromatic heterocycles. The lowest BCUT2D eigenvalue weighted by Gasteiger charge is -2.35. The number of anilines is 1. The number of methoxy groups -OCH3 is 2. The normalized spacial score (nSPS) is 14.0. The van der Waals surface area contributed by atoms with E-state index in [0.29, 0.717) is 11.5 Å². The zero-order chi connectivity index (χ0) is 35.7. The van der Waals surface area contributed by atoms with Gasteiger partial charge in [0.15, 0.2) is 11.5 Å². The molecule has 2 amide bonds. The molecule has 0 aliphatic heterocycles. The number of carbonyl (C=O) groups is 2. The van der Waals surface area contributed by atoms with Crippen molar-refractivity contribution in [3.8, 4) is 11.5 Å². The molecular formula is C40H47N3O6S. The lowest BCUT2D eigenvalue weighted by atomic mass is 9.94. The molecule has 1 aliphatic rings. The van der Waals surface area contributed by atoms with Crippen LogP contribution in [0, 0.1) is 13.8 Å². The van der Waals surface area contributed by atoms with Crippen LogP contribution in [0.4, 0.5) is 5.69 Å². The molecule has 10 heteroatoms. The summed E-state index contributed by atoms with van der Waals surface area (Å²) in [6.45, 7) is 3.40. The molecule has 0 bridgehead atoms. The van der Waals surface area contributed by atoms with Gasteiger partial charge in [0.25, 0.3) is 10.0 Å². The van der Waals surface area contributed by atoms with Crippen LogP contribution in [0.2, 0.25) is 0 Å². The first kappa shape index (κ1) is 36.5. The average molecular weight is 698 g/mol.